The van der Waals surface area contributed by atoms with Gasteiger partial charge in [-0.05, 0) is 25.2 Å². The number of piperazine rings is 1. The van der Waals surface area contributed by atoms with Gasteiger partial charge in [0.2, 0.25) is 11.8 Å². The highest BCUT2D eigenvalue weighted by Crippen LogP contribution is 2.28. The van der Waals surface area contributed by atoms with E-state index < -0.39 is 0 Å². The number of hydrogen-bond donors (Lipinski definition) is 1. The van der Waals surface area contributed by atoms with Crippen LogP contribution in [0.5, 0.6) is 0 Å². The van der Waals surface area contributed by atoms with E-state index in [9.17, 15) is 9.59 Å². The minimum absolute atomic E-state index is 0.0403. The first-order valence-electron chi connectivity index (χ1n) is 6.67. The lowest BCUT2D eigenvalue weighted by Crippen LogP contribution is -2.63. The highest BCUT2D eigenvalue weighted by molar-refractivity contribution is 5.95. The summed E-state index contributed by atoms with van der Waals surface area (Å²) in [6, 6.07) is -0.320. The summed E-state index contributed by atoms with van der Waals surface area (Å²) >= 11 is 0. The molecule has 18 heavy (non-hydrogen) atoms. The van der Waals surface area contributed by atoms with E-state index in [-0.39, 0.29) is 42.5 Å². The van der Waals surface area contributed by atoms with Crippen LogP contribution in [0.25, 0.3) is 0 Å². The zero-order valence-corrected chi connectivity index (χ0v) is 11.3. The quantitative estimate of drug-likeness (QED) is 0.799. The maximum absolute atomic E-state index is 12.4. The lowest BCUT2D eigenvalue weighted by molar-refractivity contribution is -0.150. The predicted octanol–water partition coefficient (Wildman–Crippen LogP) is 0.537. The smallest absolute Gasteiger partial charge is 0.246 e. The van der Waals surface area contributed by atoms with Gasteiger partial charge in [0.15, 0.2) is 0 Å². The van der Waals surface area contributed by atoms with E-state index in [1.54, 1.807) is 12.0 Å². The van der Waals surface area contributed by atoms with Gasteiger partial charge in [-0.25, -0.2) is 0 Å². The van der Waals surface area contributed by atoms with Gasteiger partial charge >= 0.3 is 0 Å². The van der Waals surface area contributed by atoms with Crippen LogP contribution >= 0.6 is 0 Å². The molecule has 0 aromatic heterocycles. The third kappa shape index (κ3) is 2.36. The Balaban J connectivity index is 2.15. The second-order valence-electron chi connectivity index (χ2n) is 5.53. The molecular formula is C13H22N2O3. The molecule has 1 saturated heterocycles. The Bertz CT molecular complexity index is 343. The summed E-state index contributed by atoms with van der Waals surface area (Å²) in [5.41, 5.74) is 0. The van der Waals surface area contributed by atoms with Gasteiger partial charge in [0.25, 0.3) is 0 Å². The maximum Gasteiger partial charge on any atom is 0.246 e. The van der Waals surface area contributed by atoms with Crippen molar-refractivity contribution in [3.8, 4) is 0 Å². The van der Waals surface area contributed by atoms with Gasteiger partial charge in [-0.15, -0.1) is 0 Å². The van der Waals surface area contributed by atoms with Crippen LogP contribution in [-0.4, -0.2) is 48.6 Å². The molecule has 0 spiro atoms. The first-order valence-corrected chi connectivity index (χ1v) is 6.67. The van der Waals surface area contributed by atoms with Gasteiger partial charge in [0, 0.05) is 7.11 Å². The number of amides is 2. The molecule has 0 aromatic rings. The third-order valence-electron chi connectivity index (χ3n) is 3.97. The molecule has 0 aromatic carbocycles. The Morgan fingerprint density at radius 2 is 2.06 bits per heavy atom. The van der Waals surface area contributed by atoms with E-state index in [0.717, 1.165) is 19.3 Å². The first kappa shape index (κ1) is 13.3. The fourth-order valence-corrected chi connectivity index (χ4v) is 2.96. The van der Waals surface area contributed by atoms with Crippen molar-refractivity contribution in [3.63, 3.8) is 0 Å². The molecule has 1 saturated carbocycles. The van der Waals surface area contributed by atoms with Gasteiger partial charge in [-0.2, -0.15) is 0 Å². The molecule has 2 fully saturated rings. The minimum atomic E-state index is -0.385. The Morgan fingerprint density at radius 1 is 1.33 bits per heavy atom. The van der Waals surface area contributed by atoms with Crippen LogP contribution in [0.1, 0.15) is 33.1 Å². The minimum Gasteiger partial charge on any atom is -0.379 e. The topological polar surface area (TPSA) is 58.6 Å². The molecule has 0 radical (unpaired) electrons. The molecule has 102 valence electrons. The molecule has 1 aliphatic heterocycles. The standard InChI is InChI=1S/C13H22N2O3/c1-8(2)12-13(17)15(7-11(16)14-12)9-5-4-6-10(9)18-3/h8-10,12H,4-7H2,1-3H3,(H,14,16). The number of rotatable bonds is 3. The van der Waals surface area contributed by atoms with E-state index in [1.807, 2.05) is 13.8 Å². The second-order valence-corrected chi connectivity index (χ2v) is 5.53. The fourth-order valence-electron chi connectivity index (χ4n) is 2.96. The lowest BCUT2D eigenvalue weighted by atomic mass is 9.99. The predicted molar refractivity (Wildman–Crippen MR) is 66.9 cm³/mol. The number of methoxy groups -OCH3 is 1. The molecular weight excluding hydrogens is 232 g/mol. The van der Waals surface area contributed by atoms with E-state index in [0.29, 0.717) is 0 Å². The van der Waals surface area contributed by atoms with Crippen molar-refractivity contribution in [3.05, 3.63) is 0 Å². The second kappa shape index (κ2) is 5.26. The molecule has 1 aliphatic carbocycles. The number of carbonyl (C=O) groups excluding carboxylic acids is 2. The van der Waals surface area contributed by atoms with Crippen LogP contribution in [0.15, 0.2) is 0 Å². The van der Waals surface area contributed by atoms with E-state index >= 15 is 0 Å². The van der Waals surface area contributed by atoms with Crippen molar-refractivity contribution in [2.24, 2.45) is 5.92 Å². The van der Waals surface area contributed by atoms with Crippen LogP contribution < -0.4 is 5.32 Å². The van der Waals surface area contributed by atoms with E-state index in [2.05, 4.69) is 5.32 Å². The van der Waals surface area contributed by atoms with Crippen LogP contribution in [0.3, 0.4) is 0 Å². The Labute approximate surface area is 108 Å². The van der Waals surface area contributed by atoms with Gasteiger partial charge in [-0.3, -0.25) is 9.59 Å². The monoisotopic (exact) mass is 254 g/mol. The summed E-state index contributed by atoms with van der Waals surface area (Å²) in [6.45, 7) is 4.08. The van der Waals surface area contributed by atoms with Gasteiger partial charge < -0.3 is 15.0 Å². The largest absolute Gasteiger partial charge is 0.379 e. The molecule has 5 heteroatoms. The molecule has 5 nitrogen and oxygen atoms in total. The summed E-state index contributed by atoms with van der Waals surface area (Å²) in [5, 5.41) is 2.78. The molecule has 1 N–H and O–H groups in total. The van der Waals surface area contributed by atoms with Crippen molar-refractivity contribution in [1.82, 2.24) is 10.2 Å². The molecule has 2 aliphatic rings. The Kier molecular flexibility index (Phi) is 3.90. The Morgan fingerprint density at radius 3 is 2.67 bits per heavy atom. The summed E-state index contributed by atoms with van der Waals surface area (Å²) in [7, 11) is 1.68. The summed E-state index contributed by atoms with van der Waals surface area (Å²) in [5.74, 6) is 0.0975. The van der Waals surface area contributed by atoms with Gasteiger partial charge in [0.1, 0.15) is 6.04 Å². The van der Waals surface area contributed by atoms with Crippen molar-refractivity contribution < 1.29 is 14.3 Å². The van der Waals surface area contributed by atoms with Crippen LogP contribution in [0.2, 0.25) is 0 Å². The molecule has 0 bridgehead atoms. The Hall–Kier alpha value is -1.10. The number of nitrogens with zero attached hydrogens (tertiary/aromatic N) is 1. The van der Waals surface area contributed by atoms with Crippen molar-refractivity contribution in [1.29, 1.82) is 0 Å². The molecule has 3 unspecified atom stereocenters. The van der Waals surface area contributed by atoms with Crippen LogP contribution in [0, 0.1) is 5.92 Å². The third-order valence-corrected chi connectivity index (χ3v) is 3.97. The number of nitrogens with one attached hydrogen (secondary N) is 1. The summed E-state index contributed by atoms with van der Waals surface area (Å²) < 4.78 is 5.43. The summed E-state index contributed by atoms with van der Waals surface area (Å²) in [6.07, 6.45) is 3.04. The lowest BCUT2D eigenvalue weighted by Gasteiger charge is -2.39. The number of carbonyl (C=O) groups is 2. The van der Waals surface area contributed by atoms with Crippen molar-refractivity contribution >= 4 is 11.8 Å². The maximum atomic E-state index is 12.4. The highest BCUT2D eigenvalue weighted by atomic mass is 16.5. The van der Waals surface area contributed by atoms with E-state index in [1.165, 1.54) is 0 Å². The SMILES string of the molecule is COC1CCCC1N1CC(=O)NC(C(C)C)C1=O. The average molecular weight is 254 g/mol. The molecule has 3 atom stereocenters. The van der Waals surface area contributed by atoms with Gasteiger partial charge in [0.05, 0.1) is 18.7 Å². The highest BCUT2D eigenvalue weighted by Gasteiger charge is 2.42. The molecule has 1 heterocycles. The zero-order valence-electron chi connectivity index (χ0n) is 11.3. The molecule has 2 rings (SSSR count). The normalized spacial score (nSPS) is 33.1. The van der Waals surface area contributed by atoms with Crippen molar-refractivity contribution in [2.75, 3.05) is 13.7 Å². The van der Waals surface area contributed by atoms with Gasteiger partial charge in [-0.1, -0.05) is 13.8 Å². The van der Waals surface area contributed by atoms with E-state index in [4.69, 9.17) is 4.74 Å². The van der Waals surface area contributed by atoms with Crippen LogP contribution in [0.4, 0.5) is 0 Å². The number of ether oxygens (including phenoxy) is 1. The zero-order chi connectivity index (χ0) is 13.3. The fraction of sp³-hybridized carbons (Fsp3) is 0.846. The summed E-state index contributed by atoms with van der Waals surface area (Å²) in [4.78, 5) is 25.9. The van der Waals surface area contributed by atoms with Crippen molar-refractivity contribution in [2.45, 2.75) is 51.3 Å². The first-order chi connectivity index (χ1) is 8.54. The average Bonchev–Trinajstić information content (AvgIpc) is 2.79. The van der Waals surface area contributed by atoms with Crippen LogP contribution in [-0.2, 0) is 14.3 Å². The number of hydrogen-bond acceptors (Lipinski definition) is 3. The molecule has 2 amide bonds.